The number of esters is 1. The number of non-ortho nitro benzene ring substituents is 1. The fourth-order valence-electron chi connectivity index (χ4n) is 3.53. The van der Waals surface area contributed by atoms with E-state index >= 15 is 0 Å². The summed E-state index contributed by atoms with van der Waals surface area (Å²) in [4.78, 5) is 22.9. The van der Waals surface area contributed by atoms with Crippen LogP contribution in [-0.2, 0) is 9.53 Å². The van der Waals surface area contributed by atoms with E-state index in [9.17, 15) is 14.9 Å². The maximum Gasteiger partial charge on any atom is 0.323 e. The molecule has 2 unspecified atom stereocenters. The molecular weight excluding hydrogens is 360 g/mol. The summed E-state index contributed by atoms with van der Waals surface area (Å²) in [5.74, 6) is 0.327. The Morgan fingerprint density at radius 1 is 1.21 bits per heavy atom. The molecule has 2 atom stereocenters. The smallest absolute Gasteiger partial charge is 0.323 e. The van der Waals surface area contributed by atoms with Crippen LogP contribution in [0.4, 0.5) is 5.69 Å². The van der Waals surface area contributed by atoms with Crippen LogP contribution in [0.3, 0.4) is 0 Å². The zero-order valence-corrected chi connectivity index (χ0v) is 16.9. The Kier molecular flexibility index (Phi) is 9.20. The minimum atomic E-state index is -0.443. The normalized spacial score (nSPS) is 16.9. The number of hydrogen-bond acceptors (Lipinski definition) is 6. The average molecular weight is 392 g/mol. The van der Waals surface area contributed by atoms with Gasteiger partial charge in [0, 0.05) is 24.6 Å². The molecule has 7 nitrogen and oxygen atoms in total. The molecule has 0 heterocycles. The van der Waals surface area contributed by atoms with Gasteiger partial charge in [0.05, 0.1) is 17.6 Å². The number of nitro groups is 1. The Balaban J connectivity index is 1.89. The zero-order valence-electron chi connectivity index (χ0n) is 16.9. The molecule has 0 amide bonds. The summed E-state index contributed by atoms with van der Waals surface area (Å²) in [5, 5.41) is 14.2. The molecule has 0 bridgehead atoms. The SMILES string of the molecule is CCCC(C)OC(=O)C(CCOc1ccc([N+](=O)[O-])cc1)NC1CCCCC1. The summed E-state index contributed by atoms with van der Waals surface area (Å²) < 4.78 is 11.3. The Labute approximate surface area is 166 Å². The Hall–Kier alpha value is -2.15. The number of carbonyl (C=O) groups is 1. The molecule has 1 fully saturated rings. The number of nitro benzene ring substituents is 1. The van der Waals surface area contributed by atoms with Crippen LogP contribution < -0.4 is 10.1 Å². The molecule has 0 aliphatic heterocycles. The lowest BCUT2D eigenvalue weighted by atomic mass is 9.94. The maximum atomic E-state index is 12.6. The van der Waals surface area contributed by atoms with Gasteiger partial charge in [-0.15, -0.1) is 0 Å². The van der Waals surface area contributed by atoms with Gasteiger partial charge in [0.2, 0.25) is 0 Å². The van der Waals surface area contributed by atoms with Crippen molar-refractivity contribution < 1.29 is 19.2 Å². The van der Waals surface area contributed by atoms with E-state index < -0.39 is 11.0 Å². The topological polar surface area (TPSA) is 90.7 Å². The van der Waals surface area contributed by atoms with Gasteiger partial charge in [-0.3, -0.25) is 14.9 Å². The van der Waals surface area contributed by atoms with Gasteiger partial charge in [-0.05, 0) is 38.3 Å². The van der Waals surface area contributed by atoms with Gasteiger partial charge in [0.15, 0.2) is 0 Å². The van der Waals surface area contributed by atoms with Crippen molar-refractivity contribution in [3.8, 4) is 5.75 Å². The second kappa shape index (κ2) is 11.6. The van der Waals surface area contributed by atoms with Crippen molar-refractivity contribution in [1.82, 2.24) is 5.32 Å². The zero-order chi connectivity index (χ0) is 20.4. The third-order valence-electron chi connectivity index (χ3n) is 5.06. The molecule has 1 aliphatic carbocycles. The van der Waals surface area contributed by atoms with E-state index in [1.165, 1.54) is 31.4 Å². The lowest BCUT2D eigenvalue weighted by molar-refractivity contribution is -0.384. The van der Waals surface area contributed by atoms with E-state index in [1.807, 2.05) is 6.92 Å². The third-order valence-corrected chi connectivity index (χ3v) is 5.06. The molecule has 1 aromatic carbocycles. The fraction of sp³-hybridized carbons (Fsp3) is 0.667. The van der Waals surface area contributed by atoms with Crippen LogP contribution in [0.5, 0.6) is 5.75 Å². The molecule has 156 valence electrons. The van der Waals surface area contributed by atoms with E-state index in [1.54, 1.807) is 12.1 Å². The molecule has 0 aromatic heterocycles. The van der Waals surface area contributed by atoms with Crippen LogP contribution in [0.15, 0.2) is 24.3 Å². The first-order valence-corrected chi connectivity index (χ1v) is 10.3. The largest absolute Gasteiger partial charge is 0.494 e. The summed E-state index contributed by atoms with van der Waals surface area (Å²) in [6.45, 7) is 4.33. The highest BCUT2D eigenvalue weighted by Gasteiger charge is 2.26. The molecule has 2 rings (SSSR count). The van der Waals surface area contributed by atoms with E-state index in [2.05, 4.69) is 12.2 Å². The molecule has 1 aromatic rings. The summed E-state index contributed by atoms with van der Waals surface area (Å²) in [6.07, 6.45) is 8.00. The van der Waals surface area contributed by atoms with Crippen molar-refractivity contribution >= 4 is 11.7 Å². The number of hydrogen-bond donors (Lipinski definition) is 1. The minimum absolute atomic E-state index is 0.0256. The molecule has 0 spiro atoms. The maximum absolute atomic E-state index is 12.6. The van der Waals surface area contributed by atoms with Crippen LogP contribution in [0.1, 0.15) is 65.2 Å². The number of rotatable bonds is 11. The van der Waals surface area contributed by atoms with Crippen molar-refractivity contribution in [2.45, 2.75) is 83.4 Å². The van der Waals surface area contributed by atoms with Gasteiger partial charge in [0.1, 0.15) is 11.8 Å². The van der Waals surface area contributed by atoms with Crippen molar-refractivity contribution in [3.05, 3.63) is 34.4 Å². The van der Waals surface area contributed by atoms with Gasteiger partial charge < -0.3 is 14.8 Å². The van der Waals surface area contributed by atoms with Gasteiger partial charge in [0.25, 0.3) is 5.69 Å². The van der Waals surface area contributed by atoms with Crippen LogP contribution in [0.25, 0.3) is 0 Å². The first-order valence-electron chi connectivity index (χ1n) is 10.3. The van der Waals surface area contributed by atoms with Gasteiger partial charge in [-0.25, -0.2) is 0 Å². The van der Waals surface area contributed by atoms with Gasteiger partial charge >= 0.3 is 5.97 Å². The summed E-state index contributed by atoms with van der Waals surface area (Å²) in [5.41, 5.74) is 0.0256. The molecule has 28 heavy (non-hydrogen) atoms. The van der Waals surface area contributed by atoms with E-state index in [0.29, 0.717) is 24.8 Å². The third kappa shape index (κ3) is 7.46. The summed E-state index contributed by atoms with van der Waals surface area (Å²) in [6, 6.07) is 5.90. The van der Waals surface area contributed by atoms with Crippen LogP contribution in [-0.4, -0.2) is 35.7 Å². The molecule has 0 radical (unpaired) electrons. The highest BCUT2D eigenvalue weighted by Crippen LogP contribution is 2.20. The molecule has 1 N–H and O–H groups in total. The van der Waals surface area contributed by atoms with Gasteiger partial charge in [-0.2, -0.15) is 0 Å². The minimum Gasteiger partial charge on any atom is -0.494 e. The molecule has 0 saturated heterocycles. The number of ether oxygens (including phenoxy) is 2. The molecule has 7 heteroatoms. The molecule has 1 aliphatic rings. The van der Waals surface area contributed by atoms with Crippen LogP contribution >= 0.6 is 0 Å². The number of nitrogens with zero attached hydrogens (tertiary/aromatic N) is 1. The lowest BCUT2D eigenvalue weighted by Gasteiger charge is -2.28. The molecular formula is C21H32N2O5. The second-order valence-electron chi connectivity index (χ2n) is 7.48. The number of nitrogens with one attached hydrogen (secondary N) is 1. The standard InChI is InChI=1S/C21H32N2O5/c1-3-7-16(2)28-21(24)20(22-17-8-5-4-6-9-17)14-15-27-19-12-10-18(11-13-19)23(25)26/h10-13,16-17,20,22H,3-9,14-15H2,1-2H3. The number of benzene rings is 1. The quantitative estimate of drug-likeness (QED) is 0.341. The summed E-state index contributed by atoms with van der Waals surface area (Å²) in [7, 11) is 0. The first kappa shape index (κ1) is 22.1. The highest BCUT2D eigenvalue weighted by molar-refractivity contribution is 5.76. The van der Waals surface area contributed by atoms with Crippen molar-refractivity contribution in [2.75, 3.05) is 6.61 Å². The molecule has 1 saturated carbocycles. The van der Waals surface area contributed by atoms with Crippen molar-refractivity contribution in [3.63, 3.8) is 0 Å². The number of carbonyl (C=O) groups excluding carboxylic acids is 1. The predicted octanol–water partition coefficient (Wildman–Crippen LogP) is 4.39. The highest BCUT2D eigenvalue weighted by atomic mass is 16.6. The van der Waals surface area contributed by atoms with E-state index in [0.717, 1.165) is 25.7 Å². The van der Waals surface area contributed by atoms with Crippen LogP contribution in [0.2, 0.25) is 0 Å². The van der Waals surface area contributed by atoms with Crippen LogP contribution in [0, 0.1) is 10.1 Å². The average Bonchev–Trinajstić information content (AvgIpc) is 2.68. The Morgan fingerprint density at radius 3 is 2.50 bits per heavy atom. The van der Waals surface area contributed by atoms with Crippen molar-refractivity contribution in [1.29, 1.82) is 0 Å². The summed E-state index contributed by atoms with van der Waals surface area (Å²) >= 11 is 0. The first-order chi connectivity index (χ1) is 13.5. The Bertz CT molecular complexity index is 614. The Morgan fingerprint density at radius 2 is 1.89 bits per heavy atom. The lowest BCUT2D eigenvalue weighted by Crippen LogP contribution is -2.46. The van der Waals surface area contributed by atoms with E-state index in [4.69, 9.17) is 9.47 Å². The monoisotopic (exact) mass is 392 g/mol. The fourth-order valence-corrected chi connectivity index (χ4v) is 3.53. The second-order valence-corrected chi connectivity index (χ2v) is 7.48. The van der Waals surface area contributed by atoms with Crippen molar-refractivity contribution in [2.24, 2.45) is 0 Å². The van der Waals surface area contributed by atoms with E-state index in [-0.39, 0.29) is 17.8 Å². The van der Waals surface area contributed by atoms with Gasteiger partial charge in [-0.1, -0.05) is 32.6 Å². The predicted molar refractivity (Wildman–Crippen MR) is 107 cm³/mol.